The summed E-state index contributed by atoms with van der Waals surface area (Å²) in [6.07, 6.45) is 5.07. The number of nitrogens with zero attached hydrogens (tertiary/aromatic N) is 5. The number of hydrogen-bond donors (Lipinski definition) is 1. The molecule has 0 saturated heterocycles. The van der Waals surface area contributed by atoms with Crippen LogP contribution in [0.2, 0.25) is 10.0 Å². The van der Waals surface area contributed by atoms with Crippen LogP contribution in [0, 0.1) is 0 Å². The number of aromatic nitrogens is 5. The van der Waals surface area contributed by atoms with Crippen LogP contribution in [-0.2, 0) is 6.54 Å². The summed E-state index contributed by atoms with van der Waals surface area (Å²) in [6.45, 7) is 2.42. The fraction of sp³-hybridized carbons (Fsp3) is 0.238. The molecule has 0 radical (unpaired) electrons. The highest BCUT2D eigenvalue weighted by atomic mass is 35.5. The maximum absolute atomic E-state index is 9.76. The van der Waals surface area contributed by atoms with Crippen LogP contribution in [0.4, 0.5) is 0 Å². The molecule has 1 aliphatic carbocycles. The molecule has 0 unspecified atom stereocenters. The van der Waals surface area contributed by atoms with Gasteiger partial charge in [0, 0.05) is 16.8 Å². The number of ether oxygens (including phenoxy) is 1. The standard InChI is InChI=1S/C21H17Cl2N5O2/c1-21(5-6-21)30-20-17-19(25-11-26-20)28(10-13-8-12(22)4-7-24-13)18(27-17)15-3-2-14(29)9-16(15)23/h2-4,7-9,11,29H,5-6,10H2,1H3. The van der Waals surface area contributed by atoms with Gasteiger partial charge >= 0.3 is 0 Å². The molecule has 1 fully saturated rings. The second-order valence-electron chi connectivity index (χ2n) is 7.55. The number of aromatic hydroxyl groups is 1. The van der Waals surface area contributed by atoms with Crippen molar-refractivity contribution in [3.8, 4) is 23.0 Å². The maximum Gasteiger partial charge on any atom is 0.245 e. The van der Waals surface area contributed by atoms with Crippen molar-refractivity contribution in [2.45, 2.75) is 31.9 Å². The summed E-state index contributed by atoms with van der Waals surface area (Å²) in [5, 5.41) is 10.7. The van der Waals surface area contributed by atoms with Gasteiger partial charge in [-0.15, -0.1) is 0 Å². The van der Waals surface area contributed by atoms with Crippen LogP contribution in [0.15, 0.2) is 42.9 Å². The maximum atomic E-state index is 9.76. The quantitative estimate of drug-likeness (QED) is 0.474. The van der Waals surface area contributed by atoms with E-state index < -0.39 is 0 Å². The van der Waals surface area contributed by atoms with E-state index in [1.165, 1.54) is 12.4 Å². The largest absolute Gasteiger partial charge is 0.508 e. The molecular formula is C21H17Cl2N5O2. The Morgan fingerprint density at radius 2 is 1.97 bits per heavy atom. The first-order chi connectivity index (χ1) is 14.4. The van der Waals surface area contributed by atoms with Crippen molar-refractivity contribution >= 4 is 34.4 Å². The van der Waals surface area contributed by atoms with E-state index in [0.29, 0.717) is 45.0 Å². The predicted octanol–water partition coefficient (Wildman–Crippen LogP) is 4.88. The van der Waals surface area contributed by atoms with Gasteiger partial charge in [-0.05, 0) is 50.1 Å². The summed E-state index contributed by atoms with van der Waals surface area (Å²) in [6, 6.07) is 8.28. The minimum Gasteiger partial charge on any atom is -0.508 e. The van der Waals surface area contributed by atoms with Gasteiger partial charge in [-0.25, -0.2) is 9.97 Å². The summed E-state index contributed by atoms with van der Waals surface area (Å²) in [4.78, 5) is 18.0. The normalized spacial score (nSPS) is 14.8. The van der Waals surface area contributed by atoms with Crippen molar-refractivity contribution in [1.82, 2.24) is 24.5 Å². The fourth-order valence-electron chi connectivity index (χ4n) is 3.24. The Hall–Kier alpha value is -2.90. The van der Waals surface area contributed by atoms with Gasteiger partial charge in [-0.1, -0.05) is 23.2 Å². The van der Waals surface area contributed by atoms with Crippen molar-refractivity contribution in [3.05, 3.63) is 58.6 Å². The van der Waals surface area contributed by atoms with E-state index in [1.807, 2.05) is 11.5 Å². The Labute approximate surface area is 182 Å². The van der Waals surface area contributed by atoms with Crippen LogP contribution in [0.5, 0.6) is 11.6 Å². The van der Waals surface area contributed by atoms with Crippen LogP contribution in [0.1, 0.15) is 25.5 Å². The summed E-state index contributed by atoms with van der Waals surface area (Å²) < 4.78 is 8.01. The van der Waals surface area contributed by atoms with Crippen LogP contribution in [0.3, 0.4) is 0 Å². The molecule has 1 aliphatic rings. The first kappa shape index (κ1) is 19.1. The van der Waals surface area contributed by atoms with Gasteiger partial charge in [0.1, 0.15) is 23.5 Å². The number of phenolic OH excluding ortho intramolecular Hbond substituents is 1. The second-order valence-corrected chi connectivity index (χ2v) is 8.40. The Morgan fingerprint density at radius 1 is 1.13 bits per heavy atom. The lowest BCUT2D eigenvalue weighted by molar-refractivity contribution is 0.194. The molecule has 7 nitrogen and oxygen atoms in total. The van der Waals surface area contributed by atoms with Crippen LogP contribution in [-0.4, -0.2) is 35.2 Å². The molecule has 9 heteroatoms. The molecule has 0 aliphatic heterocycles. The van der Waals surface area contributed by atoms with Gasteiger partial charge in [-0.3, -0.25) is 4.98 Å². The van der Waals surface area contributed by atoms with Crippen molar-refractivity contribution in [1.29, 1.82) is 0 Å². The zero-order valence-corrected chi connectivity index (χ0v) is 17.5. The van der Waals surface area contributed by atoms with Crippen LogP contribution >= 0.6 is 23.2 Å². The van der Waals surface area contributed by atoms with Crippen LogP contribution < -0.4 is 4.74 Å². The van der Waals surface area contributed by atoms with E-state index in [9.17, 15) is 5.11 Å². The first-order valence-electron chi connectivity index (χ1n) is 9.41. The molecule has 1 N–H and O–H groups in total. The molecule has 5 rings (SSSR count). The lowest BCUT2D eigenvalue weighted by atomic mass is 10.2. The van der Waals surface area contributed by atoms with E-state index in [1.54, 1.807) is 30.5 Å². The molecule has 30 heavy (non-hydrogen) atoms. The Bertz CT molecular complexity index is 1270. The minimum atomic E-state index is -0.212. The molecule has 3 heterocycles. The molecule has 1 saturated carbocycles. The summed E-state index contributed by atoms with van der Waals surface area (Å²) >= 11 is 12.6. The van der Waals surface area contributed by atoms with E-state index in [2.05, 4.69) is 15.0 Å². The average Bonchev–Trinajstić information content (AvgIpc) is 3.31. The van der Waals surface area contributed by atoms with E-state index in [0.717, 1.165) is 18.5 Å². The molecule has 0 atom stereocenters. The Balaban J connectivity index is 1.71. The van der Waals surface area contributed by atoms with Gasteiger partial charge in [0.25, 0.3) is 0 Å². The number of phenols is 1. The fourth-order valence-corrected chi connectivity index (χ4v) is 3.68. The van der Waals surface area contributed by atoms with Crippen molar-refractivity contribution in [3.63, 3.8) is 0 Å². The van der Waals surface area contributed by atoms with Crippen molar-refractivity contribution < 1.29 is 9.84 Å². The predicted molar refractivity (Wildman–Crippen MR) is 114 cm³/mol. The minimum absolute atomic E-state index is 0.0772. The van der Waals surface area contributed by atoms with Crippen molar-refractivity contribution in [2.24, 2.45) is 0 Å². The zero-order chi connectivity index (χ0) is 20.9. The average molecular weight is 442 g/mol. The first-order valence-corrected chi connectivity index (χ1v) is 10.2. The molecule has 3 aromatic heterocycles. The molecule has 152 valence electrons. The number of fused-ring (bicyclic) bond motifs is 1. The van der Waals surface area contributed by atoms with Gasteiger partial charge in [0.2, 0.25) is 5.88 Å². The van der Waals surface area contributed by atoms with Gasteiger partial charge in [-0.2, -0.15) is 4.98 Å². The Morgan fingerprint density at radius 3 is 2.70 bits per heavy atom. The lowest BCUT2D eigenvalue weighted by Gasteiger charge is -2.11. The highest BCUT2D eigenvalue weighted by molar-refractivity contribution is 6.33. The molecule has 0 amide bonds. The number of hydrogen-bond acceptors (Lipinski definition) is 6. The van der Waals surface area contributed by atoms with Crippen molar-refractivity contribution in [2.75, 3.05) is 0 Å². The highest BCUT2D eigenvalue weighted by Crippen LogP contribution is 2.41. The monoisotopic (exact) mass is 441 g/mol. The summed E-state index contributed by atoms with van der Waals surface area (Å²) in [7, 11) is 0. The van der Waals surface area contributed by atoms with Crippen LogP contribution in [0.25, 0.3) is 22.6 Å². The van der Waals surface area contributed by atoms with Gasteiger partial charge in [0.15, 0.2) is 11.2 Å². The smallest absolute Gasteiger partial charge is 0.245 e. The molecular weight excluding hydrogens is 425 g/mol. The second kappa shape index (κ2) is 7.11. The number of imidazole rings is 1. The number of benzene rings is 1. The lowest BCUT2D eigenvalue weighted by Crippen LogP contribution is -2.13. The third kappa shape index (κ3) is 3.55. The third-order valence-corrected chi connectivity index (χ3v) is 5.64. The van der Waals surface area contributed by atoms with E-state index in [-0.39, 0.29) is 11.4 Å². The molecule has 0 spiro atoms. The van der Waals surface area contributed by atoms with E-state index >= 15 is 0 Å². The molecule has 1 aromatic carbocycles. The summed E-state index contributed by atoms with van der Waals surface area (Å²) in [5.41, 5.74) is 2.33. The summed E-state index contributed by atoms with van der Waals surface area (Å²) in [5.74, 6) is 1.09. The number of halogens is 2. The number of rotatable bonds is 5. The van der Waals surface area contributed by atoms with E-state index in [4.69, 9.17) is 32.9 Å². The van der Waals surface area contributed by atoms with Gasteiger partial charge < -0.3 is 14.4 Å². The number of pyridine rings is 1. The van der Waals surface area contributed by atoms with Gasteiger partial charge in [0.05, 0.1) is 17.3 Å². The zero-order valence-electron chi connectivity index (χ0n) is 16.0. The molecule has 4 aromatic rings. The third-order valence-electron chi connectivity index (χ3n) is 5.09. The topological polar surface area (TPSA) is 86.0 Å². The SMILES string of the molecule is CC1(Oc2ncnc3c2nc(-c2ccc(O)cc2Cl)n3Cc2cc(Cl)ccn2)CC1. The highest BCUT2D eigenvalue weighted by Gasteiger charge is 2.41. The Kier molecular flexibility index (Phi) is 4.52. The molecule has 0 bridgehead atoms.